The van der Waals surface area contributed by atoms with Crippen LogP contribution in [-0.2, 0) is 9.47 Å². The standard InChI is InChI=1S/C27H29F2N5O3/c28-19-14-20(29)16-21(15-19)34-3-1-2-24(34)22-12-18(27(35)33-6-10-37-11-7-33)13-23-26(22)31-25(17-30-23)32-4-8-36-9-5-32/h12-17,24H,1-11H2. The highest BCUT2D eigenvalue weighted by molar-refractivity contribution is 5.98. The molecule has 4 heterocycles. The molecule has 3 saturated heterocycles. The number of rotatable bonds is 4. The molecule has 0 N–H and O–H groups in total. The number of hydrogen-bond acceptors (Lipinski definition) is 7. The summed E-state index contributed by atoms with van der Waals surface area (Å²) in [5.41, 5.74) is 3.20. The van der Waals surface area contributed by atoms with Crippen LogP contribution in [0.5, 0.6) is 0 Å². The van der Waals surface area contributed by atoms with Crippen LogP contribution in [0, 0.1) is 11.6 Å². The number of halogens is 2. The van der Waals surface area contributed by atoms with Gasteiger partial charge in [0.25, 0.3) is 5.91 Å². The molecule has 0 aliphatic carbocycles. The summed E-state index contributed by atoms with van der Waals surface area (Å²) in [4.78, 5) is 29.1. The summed E-state index contributed by atoms with van der Waals surface area (Å²) in [6.45, 7) is 5.43. The van der Waals surface area contributed by atoms with E-state index in [-0.39, 0.29) is 11.9 Å². The molecule has 1 amide bonds. The van der Waals surface area contributed by atoms with E-state index in [1.807, 2.05) is 11.0 Å². The Bertz CT molecular complexity index is 1290. The second-order valence-corrected chi connectivity index (χ2v) is 9.64. The Morgan fingerprint density at radius 1 is 0.892 bits per heavy atom. The first kappa shape index (κ1) is 24.0. The minimum atomic E-state index is -0.615. The monoisotopic (exact) mass is 509 g/mol. The van der Waals surface area contributed by atoms with E-state index >= 15 is 0 Å². The fraction of sp³-hybridized carbons (Fsp3) is 0.444. The van der Waals surface area contributed by atoms with E-state index in [2.05, 4.69) is 4.90 Å². The number of morpholine rings is 2. The Hall–Kier alpha value is -3.37. The summed E-state index contributed by atoms with van der Waals surface area (Å²) in [5.74, 6) is -0.551. The van der Waals surface area contributed by atoms with Crippen molar-refractivity contribution in [3.05, 3.63) is 59.3 Å². The molecule has 0 bridgehead atoms. The molecule has 1 aromatic heterocycles. The number of aromatic nitrogens is 2. The van der Waals surface area contributed by atoms with Crippen LogP contribution < -0.4 is 9.80 Å². The number of hydrogen-bond donors (Lipinski definition) is 0. The number of ether oxygens (including phenoxy) is 2. The van der Waals surface area contributed by atoms with Crippen molar-refractivity contribution in [2.75, 3.05) is 69.0 Å². The first-order valence-corrected chi connectivity index (χ1v) is 12.8. The smallest absolute Gasteiger partial charge is 0.254 e. The van der Waals surface area contributed by atoms with Gasteiger partial charge < -0.3 is 24.2 Å². The molecule has 37 heavy (non-hydrogen) atoms. The number of fused-ring (bicyclic) bond motifs is 1. The van der Waals surface area contributed by atoms with E-state index in [1.54, 1.807) is 17.2 Å². The second-order valence-electron chi connectivity index (χ2n) is 9.64. The highest BCUT2D eigenvalue weighted by atomic mass is 19.1. The fourth-order valence-corrected chi connectivity index (χ4v) is 5.51. The molecule has 3 aliphatic heterocycles. The van der Waals surface area contributed by atoms with Gasteiger partial charge in [-0.2, -0.15) is 0 Å². The lowest BCUT2D eigenvalue weighted by atomic mass is 9.98. The van der Waals surface area contributed by atoms with Crippen LogP contribution in [0.25, 0.3) is 11.0 Å². The van der Waals surface area contributed by atoms with Gasteiger partial charge in [0.2, 0.25) is 0 Å². The highest BCUT2D eigenvalue weighted by Gasteiger charge is 2.31. The number of benzene rings is 2. The lowest BCUT2D eigenvalue weighted by Crippen LogP contribution is -2.40. The quantitative estimate of drug-likeness (QED) is 0.533. The van der Waals surface area contributed by atoms with Crippen molar-refractivity contribution in [3.63, 3.8) is 0 Å². The van der Waals surface area contributed by atoms with E-state index in [4.69, 9.17) is 19.4 Å². The largest absolute Gasteiger partial charge is 0.378 e. The van der Waals surface area contributed by atoms with Gasteiger partial charge in [-0.25, -0.2) is 13.8 Å². The number of nitrogens with zero attached hydrogens (tertiary/aromatic N) is 5. The first-order valence-electron chi connectivity index (χ1n) is 12.8. The van der Waals surface area contributed by atoms with E-state index in [9.17, 15) is 13.6 Å². The van der Waals surface area contributed by atoms with E-state index in [0.29, 0.717) is 68.3 Å². The van der Waals surface area contributed by atoms with Crippen molar-refractivity contribution in [2.45, 2.75) is 18.9 Å². The molecule has 6 rings (SSSR count). The predicted molar refractivity (Wildman–Crippen MR) is 135 cm³/mol. The van der Waals surface area contributed by atoms with Crippen molar-refractivity contribution in [1.29, 1.82) is 0 Å². The zero-order valence-electron chi connectivity index (χ0n) is 20.5. The van der Waals surface area contributed by atoms with Gasteiger partial charge in [0.1, 0.15) is 17.5 Å². The van der Waals surface area contributed by atoms with E-state index < -0.39 is 11.6 Å². The van der Waals surface area contributed by atoms with Gasteiger partial charge in [0.05, 0.1) is 49.7 Å². The van der Waals surface area contributed by atoms with Crippen molar-refractivity contribution in [1.82, 2.24) is 14.9 Å². The molecule has 2 aromatic carbocycles. The summed E-state index contributed by atoms with van der Waals surface area (Å²) in [6, 6.07) is 7.10. The molecule has 3 aliphatic rings. The minimum Gasteiger partial charge on any atom is -0.378 e. The molecular formula is C27H29F2N5O3. The molecule has 0 spiro atoms. The fourth-order valence-electron chi connectivity index (χ4n) is 5.51. The Kier molecular flexibility index (Phi) is 6.60. The topological polar surface area (TPSA) is 71.0 Å². The van der Waals surface area contributed by atoms with Crippen molar-refractivity contribution in [3.8, 4) is 0 Å². The molecule has 1 atom stereocenters. The number of carbonyl (C=O) groups excluding carboxylic acids is 1. The van der Waals surface area contributed by atoms with Gasteiger partial charge >= 0.3 is 0 Å². The number of carbonyl (C=O) groups is 1. The molecule has 0 saturated carbocycles. The zero-order valence-corrected chi connectivity index (χ0v) is 20.5. The first-order chi connectivity index (χ1) is 18.1. The lowest BCUT2D eigenvalue weighted by molar-refractivity contribution is 0.0303. The molecule has 3 aromatic rings. The van der Waals surface area contributed by atoms with Crippen LogP contribution >= 0.6 is 0 Å². The SMILES string of the molecule is O=C(c1cc(C2CCCN2c2cc(F)cc(F)c2)c2nc(N3CCOCC3)cnc2c1)N1CCOCC1. The normalized spacial score (nSPS) is 20.6. The highest BCUT2D eigenvalue weighted by Crippen LogP contribution is 2.40. The number of amides is 1. The van der Waals surface area contributed by atoms with Gasteiger partial charge in [0, 0.05) is 55.6 Å². The van der Waals surface area contributed by atoms with Crippen molar-refractivity contribution >= 4 is 28.4 Å². The summed E-state index contributed by atoms with van der Waals surface area (Å²) >= 11 is 0. The molecular weight excluding hydrogens is 480 g/mol. The third-order valence-electron chi connectivity index (χ3n) is 7.34. The van der Waals surface area contributed by atoms with Crippen molar-refractivity contribution in [2.24, 2.45) is 0 Å². The Labute approximate surface area is 213 Å². The van der Waals surface area contributed by atoms with Crippen LogP contribution in [0.1, 0.15) is 34.8 Å². The van der Waals surface area contributed by atoms with Crippen LogP contribution in [0.4, 0.5) is 20.3 Å². The maximum absolute atomic E-state index is 14.1. The summed E-state index contributed by atoms with van der Waals surface area (Å²) in [5, 5.41) is 0. The van der Waals surface area contributed by atoms with Crippen LogP contribution in [-0.4, -0.2) is 79.9 Å². The van der Waals surface area contributed by atoms with Crippen molar-refractivity contribution < 1.29 is 23.0 Å². The second kappa shape index (κ2) is 10.2. The molecule has 1 unspecified atom stereocenters. The van der Waals surface area contributed by atoms with Crippen LogP contribution in [0.2, 0.25) is 0 Å². The molecule has 0 radical (unpaired) electrons. The molecule has 8 nitrogen and oxygen atoms in total. The average molecular weight is 510 g/mol. The average Bonchev–Trinajstić information content (AvgIpc) is 3.42. The van der Waals surface area contributed by atoms with Gasteiger partial charge in [-0.3, -0.25) is 9.78 Å². The third-order valence-corrected chi connectivity index (χ3v) is 7.34. The Morgan fingerprint density at radius 2 is 1.59 bits per heavy atom. The van der Waals surface area contributed by atoms with Crippen LogP contribution in [0.3, 0.4) is 0 Å². The number of anilines is 2. The van der Waals surface area contributed by atoms with Gasteiger partial charge in [-0.15, -0.1) is 0 Å². The molecule has 3 fully saturated rings. The third kappa shape index (κ3) is 4.83. The Balaban J connectivity index is 1.46. The van der Waals surface area contributed by atoms with Gasteiger partial charge in [0.15, 0.2) is 0 Å². The molecule has 194 valence electrons. The molecule has 10 heteroatoms. The maximum Gasteiger partial charge on any atom is 0.254 e. The van der Waals surface area contributed by atoms with Gasteiger partial charge in [-0.1, -0.05) is 0 Å². The lowest BCUT2D eigenvalue weighted by Gasteiger charge is -2.30. The van der Waals surface area contributed by atoms with E-state index in [0.717, 1.165) is 43.4 Å². The summed E-state index contributed by atoms with van der Waals surface area (Å²) < 4.78 is 39.2. The minimum absolute atomic E-state index is 0.0770. The Morgan fingerprint density at radius 3 is 2.32 bits per heavy atom. The zero-order chi connectivity index (χ0) is 25.4. The van der Waals surface area contributed by atoms with E-state index in [1.165, 1.54) is 12.1 Å². The summed E-state index contributed by atoms with van der Waals surface area (Å²) in [7, 11) is 0. The van der Waals surface area contributed by atoms with Gasteiger partial charge in [-0.05, 0) is 37.1 Å². The van der Waals surface area contributed by atoms with Crippen LogP contribution in [0.15, 0.2) is 36.5 Å². The maximum atomic E-state index is 14.1. The summed E-state index contributed by atoms with van der Waals surface area (Å²) in [6.07, 6.45) is 3.36. The predicted octanol–water partition coefficient (Wildman–Crippen LogP) is 3.56.